The van der Waals surface area contributed by atoms with Crippen molar-refractivity contribution in [1.82, 2.24) is 0 Å². The predicted molar refractivity (Wildman–Crippen MR) is 46.8 cm³/mol. The molecule has 3 heteroatoms. The smallest absolute Gasteiger partial charge is 0.149 e. The van der Waals surface area contributed by atoms with E-state index in [0.717, 1.165) is 36.2 Å². The first kappa shape index (κ1) is 8.97. The Balaban J connectivity index is 2.73. The number of nitrogens with zero attached hydrogens (tertiary/aromatic N) is 1. The maximum absolute atomic E-state index is 10.6. The summed E-state index contributed by atoms with van der Waals surface area (Å²) in [6.45, 7) is 3.90. The maximum atomic E-state index is 10.6. The minimum atomic E-state index is 0.638. The van der Waals surface area contributed by atoms with Gasteiger partial charge in [0.25, 0.3) is 0 Å². The second-order valence-electron chi connectivity index (χ2n) is 2.91. The van der Waals surface area contributed by atoms with Gasteiger partial charge < -0.3 is 4.84 Å². The van der Waals surface area contributed by atoms with Crippen molar-refractivity contribution in [3.8, 4) is 0 Å². The van der Waals surface area contributed by atoms with Crippen LogP contribution < -0.4 is 0 Å². The summed E-state index contributed by atoms with van der Waals surface area (Å²) >= 11 is 0. The number of carbonyl (C=O) groups excluding carboxylic acids is 1. The van der Waals surface area contributed by atoms with E-state index in [0.29, 0.717) is 6.42 Å². The molecule has 0 aliphatic carbocycles. The lowest BCUT2D eigenvalue weighted by Gasteiger charge is -2.13. The molecule has 1 aliphatic rings. The maximum Gasteiger partial charge on any atom is 0.149 e. The minimum absolute atomic E-state index is 0.638. The lowest BCUT2D eigenvalue weighted by Crippen LogP contribution is -2.07. The van der Waals surface area contributed by atoms with Crippen molar-refractivity contribution in [2.45, 2.75) is 33.1 Å². The van der Waals surface area contributed by atoms with E-state index < -0.39 is 0 Å². The first-order chi connectivity index (χ1) is 5.77. The van der Waals surface area contributed by atoms with Crippen LogP contribution in [0, 0.1) is 0 Å². The number of aldehydes is 1. The van der Waals surface area contributed by atoms with Gasteiger partial charge in [0.1, 0.15) is 12.0 Å². The molecule has 66 valence electrons. The third-order valence-electron chi connectivity index (χ3n) is 1.74. The Morgan fingerprint density at radius 3 is 3.00 bits per heavy atom. The van der Waals surface area contributed by atoms with Gasteiger partial charge >= 0.3 is 0 Å². The molecule has 0 saturated carbocycles. The molecule has 3 nitrogen and oxygen atoms in total. The monoisotopic (exact) mass is 167 g/mol. The second kappa shape index (κ2) is 4.04. The van der Waals surface area contributed by atoms with Crippen molar-refractivity contribution in [1.29, 1.82) is 0 Å². The third kappa shape index (κ3) is 1.94. The molecule has 0 spiro atoms. The molecule has 0 saturated heterocycles. The minimum Gasteiger partial charge on any atom is -0.361 e. The van der Waals surface area contributed by atoms with Crippen molar-refractivity contribution in [2.24, 2.45) is 5.16 Å². The van der Waals surface area contributed by atoms with Crippen LogP contribution in [0.25, 0.3) is 0 Å². The average molecular weight is 167 g/mol. The molecule has 0 atom stereocenters. The lowest BCUT2D eigenvalue weighted by molar-refractivity contribution is -0.105. The summed E-state index contributed by atoms with van der Waals surface area (Å²) in [5.74, 6) is 0.734. The van der Waals surface area contributed by atoms with E-state index in [1.165, 1.54) is 0 Å². The number of allylic oxidation sites excluding steroid dienone is 2. The molecular formula is C9H13NO2. The fourth-order valence-electron chi connectivity index (χ4n) is 1.14. The highest BCUT2D eigenvalue weighted by molar-refractivity contribution is 5.91. The molecule has 1 rings (SSSR count). The van der Waals surface area contributed by atoms with E-state index in [2.05, 4.69) is 5.16 Å². The van der Waals surface area contributed by atoms with E-state index in [1.54, 1.807) is 0 Å². The SMILES string of the molecule is CCCC1=C(C=O)CC(C)=NO1. The van der Waals surface area contributed by atoms with Gasteiger partial charge in [-0.2, -0.15) is 0 Å². The van der Waals surface area contributed by atoms with Gasteiger partial charge in [-0.25, -0.2) is 0 Å². The Bertz CT molecular complexity index is 241. The van der Waals surface area contributed by atoms with Crippen molar-refractivity contribution < 1.29 is 9.63 Å². The molecule has 0 unspecified atom stereocenters. The van der Waals surface area contributed by atoms with Crippen LogP contribution in [0.4, 0.5) is 0 Å². The predicted octanol–water partition coefficient (Wildman–Crippen LogP) is 2.04. The van der Waals surface area contributed by atoms with Gasteiger partial charge in [0.2, 0.25) is 0 Å². The van der Waals surface area contributed by atoms with Crippen LogP contribution >= 0.6 is 0 Å². The second-order valence-corrected chi connectivity index (χ2v) is 2.91. The molecule has 1 aliphatic heterocycles. The number of oxime groups is 1. The van der Waals surface area contributed by atoms with Crippen molar-refractivity contribution >= 4 is 12.0 Å². The summed E-state index contributed by atoms with van der Waals surface area (Å²) in [7, 11) is 0. The quantitative estimate of drug-likeness (QED) is 0.603. The summed E-state index contributed by atoms with van der Waals surface area (Å²) in [6.07, 6.45) is 3.27. The molecule has 0 aromatic carbocycles. The van der Waals surface area contributed by atoms with Gasteiger partial charge in [0.05, 0.1) is 5.71 Å². The van der Waals surface area contributed by atoms with Crippen molar-refractivity contribution in [3.05, 3.63) is 11.3 Å². The van der Waals surface area contributed by atoms with Gasteiger partial charge in [-0.05, 0) is 13.3 Å². The summed E-state index contributed by atoms with van der Waals surface area (Å²) in [5.41, 5.74) is 1.60. The first-order valence-electron chi connectivity index (χ1n) is 4.15. The molecule has 0 N–H and O–H groups in total. The van der Waals surface area contributed by atoms with Crippen LogP contribution in [0.15, 0.2) is 16.5 Å². The van der Waals surface area contributed by atoms with Crippen LogP contribution in [0.3, 0.4) is 0 Å². The van der Waals surface area contributed by atoms with Gasteiger partial charge in [-0.15, -0.1) is 0 Å². The fraction of sp³-hybridized carbons (Fsp3) is 0.556. The topological polar surface area (TPSA) is 38.7 Å². The standard InChI is InChI=1S/C9H13NO2/c1-3-4-9-8(6-11)5-7(2)10-12-9/h6H,3-5H2,1-2H3. The van der Waals surface area contributed by atoms with Crippen molar-refractivity contribution in [2.75, 3.05) is 0 Å². The highest BCUT2D eigenvalue weighted by Gasteiger charge is 2.13. The molecule has 0 bridgehead atoms. The molecular weight excluding hydrogens is 154 g/mol. The molecule has 0 aromatic heterocycles. The molecule has 0 fully saturated rings. The summed E-state index contributed by atoms with van der Waals surface area (Å²) in [5, 5.41) is 3.83. The van der Waals surface area contributed by atoms with E-state index in [1.807, 2.05) is 13.8 Å². The highest BCUT2D eigenvalue weighted by Crippen LogP contribution is 2.19. The van der Waals surface area contributed by atoms with Gasteiger partial charge in [-0.3, -0.25) is 4.79 Å². The van der Waals surface area contributed by atoms with Gasteiger partial charge in [0, 0.05) is 18.4 Å². The summed E-state index contributed by atoms with van der Waals surface area (Å²) < 4.78 is 0. The Morgan fingerprint density at radius 1 is 1.67 bits per heavy atom. The Hall–Kier alpha value is -1.12. The van der Waals surface area contributed by atoms with E-state index in [4.69, 9.17) is 4.84 Å². The number of rotatable bonds is 3. The van der Waals surface area contributed by atoms with Crippen LogP contribution in [0.5, 0.6) is 0 Å². The molecule has 0 aromatic rings. The van der Waals surface area contributed by atoms with Crippen LogP contribution in [0.2, 0.25) is 0 Å². The van der Waals surface area contributed by atoms with E-state index in [-0.39, 0.29) is 0 Å². The molecule has 1 heterocycles. The number of hydrogen-bond donors (Lipinski definition) is 0. The summed E-state index contributed by atoms with van der Waals surface area (Å²) in [4.78, 5) is 15.7. The Morgan fingerprint density at radius 2 is 2.42 bits per heavy atom. The molecule has 0 radical (unpaired) electrons. The first-order valence-corrected chi connectivity index (χ1v) is 4.15. The zero-order chi connectivity index (χ0) is 8.97. The largest absolute Gasteiger partial charge is 0.361 e. The number of carbonyl (C=O) groups is 1. The zero-order valence-electron chi connectivity index (χ0n) is 7.46. The molecule has 12 heavy (non-hydrogen) atoms. The normalized spacial score (nSPS) is 17.0. The Labute approximate surface area is 72.1 Å². The Kier molecular flexibility index (Phi) is 3.02. The van der Waals surface area contributed by atoms with Gasteiger partial charge in [0.15, 0.2) is 0 Å². The fourth-order valence-corrected chi connectivity index (χ4v) is 1.14. The third-order valence-corrected chi connectivity index (χ3v) is 1.74. The van der Waals surface area contributed by atoms with Crippen LogP contribution in [0.1, 0.15) is 33.1 Å². The summed E-state index contributed by atoms with van der Waals surface area (Å²) in [6, 6.07) is 0. The highest BCUT2D eigenvalue weighted by atomic mass is 16.6. The zero-order valence-corrected chi connectivity index (χ0v) is 7.46. The van der Waals surface area contributed by atoms with Crippen molar-refractivity contribution in [3.63, 3.8) is 0 Å². The average Bonchev–Trinajstić information content (AvgIpc) is 2.08. The van der Waals surface area contributed by atoms with Gasteiger partial charge in [-0.1, -0.05) is 12.1 Å². The van der Waals surface area contributed by atoms with Crippen LogP contribution in [-0.4, -0.2) is 12.0 Å². The molecule has 0 amide bonds. The lowest BCUT2D eigenvalue weighted by atomic mass is 10.1. The van der Waals surface area contributed by atoms with Crippen LogP contribution in [-0.2, 0) is 9.63 Å². The number of hydrogen-bond acceptors (Lipinski definition) is 3. The van der Waals surface area contributed by atoms with E-state index >= 15 is 0 Å². The van der Waals surface area contributed by atoms with E-state index in [9.17, 15) is 4.79 Å².